The molecule has 122 valence electrons. The van der Waals surface area contributed by atoms with E-state index in [4.69, 9.17) is 0 Å². The zero-order chi connectivity index (χ0) is 16.9. The minimum Gasteiger partial charge on any atom is -0.480 e. The number of carbonyl (C=O) groups is 1. The summed E-state index contributed by atoms with van der Waals surface area (Å²) in [6.07, 6.45) is 0.649. The van der Waals surface area contributed by atoms with Crippen molar-refractivity contribution in [2.75, 3.05) is 0 Å². The molecule has 5 nitrogen and oxygen atoms in total. The van der Waals surface area contributed by atoms with Gasteiger partial charge in [-0.25, -0.2) is 8.42 Å². The van der Waals surface area contributed by atoms with Crippen molar-refractivity contribution in [1.29, 1.82) is 0 Å². The molecule has 0 radical (unpaired) electrons. The van der Waals surface area contributed by atoms with Crippen molar-refractivity contribution in [1.82, 2.24) is 4.72 Å². The van der Waals surface area contributed by atoms with E-state index in [-0.39, 0.29) is 11.3 Å². The number of benzene rings is 2. The van der Waals surface area contributed by atoms with Gasteiger partial charge in [0.2, 0.25) is 10.0 Å². The smallest absolute Gasteiger partial charge is 0.321 e. The molecule has 0 aliphatic heterocycles. The minimum atomic E-state index is -3.88. The maximum atomic E-state index is 12.3. The lowest BCUT2D eigenvalue weighted by molar-refractivity contribution is -0.139. The standard InChI is InChI=1S/C16H16BrNO4S/c17-13-7-9-14(10-8-13)23(21,22)18-15(16(19)20)11-6-12-4-2-1-3-5-12/h1-5,7-10,15,18H,6,11H2,(H,19,20). The molecule has 0 amide bonds. The van der Waals surface area contributed by atoms with Crippen LogP contribution in [0.4, 0.5) is 0 Å². The SMILES string of the molecule is O=C(O)C(CCc1ccccc1)NS(=O)(=O)c1ccc(Br)cc1. The van der Waals surface area contributed by atoms with E-state index < -0.39 is 22.0 Å². The second-order valence-electron chi connectivity index (χ2n) is 4.99. The summed E-state index contributed by atoms with van der Waals surface area (Å²) in [4.78, 5) is 11.4. The lowest BCUT2D eigenvalue weighted by Gasteiger charge is -2.15. The van der Waals surface area contributed by atoms with Gasteiger partial charge in [0.05, 0.1) is 4.90 Å². The van der Waals surface area contributed by atoms with Crippen LogP contribution in [0.3, 0.4) is 0 Å². The van der Waals surface area contributed by atoms with Crippen LogP contribution in [0, 0.1) is 0 Å². The Morgan fingerprint density at radius 1 is 1.09 bits per heavy atom. The number of nitrogens with one attached hydrogen (secondary N) is 1. The van der Waals surface area contributed by atoms with E-state index in [1.807, 2.05) is 30.3 Å². The maximum Gasteiger partial charge on any atom is 0.321 e. The summed E-state index contributed by atoms with van der Waals surface area (Å²) in [7, 11) is -3.88. The van der Waals surface area contributed by atoms with Crippen LogP contribution in [0.25, 0.3) is 0 Å². The fraction of sp³-hybridized carbons (Fsp3) is 0.188. The van der Waals surface area contributed by atoms with Gasteiger partial charge >= 0.3 is 5.97 Å². The second kappa shape index (κ2) is 7.72. The molecular formula is C16H16BrNO4S. The van der Waals surface area contributed by atoms with E-state index in [2.05, 4.69) is 20.7 Å². The maximum absolute atomic E-state index is 12.3. The molecule has 0 heterocycles. The van der Waals surface area contributed by atoms with Gasteiger partial charge in [0.1, 0.15) is 6.04 Å². The average Bonchev–Trinajstić information content (AvgIpc) is 2.52. The summed E-state index contributed by atoms with van der Waals surface area (Å²) in [6, 6.07) is 14.2. The molecule has 0 aromatic heterocycles. The van der Waals surface area contributed by atoms with Crippen molar-refractivity contribution in [3.63, 3.8) is 0 Å². The van der Waals surface area contributed by atoms with Crippen LogP contribution in [0.15, 0.2) is 64.0 Å². The van der Waals surface area contributed by atoms with Gasteiger partial charge in [-0.15, -0.1) is 0 Å². The fourth-order valence-corrected chi connectivity index (χ4v) is 3.55. The number of rotatable bonds is 7. The molecule has 0 saturated carbocycles. The molecule has 0 aliphatic rings. The Kier molecular flexibility index (Phi) is 5.92. The first-order valence-corrected chi connectivity index (χ1v) is 9.21. The highest BCUT2D eigenvalue weighted by molar-refractivity contribution is 9.10. The van der Waals surface area contributed by atoms with Gasteiger partial charge in [0, 0.05) is 4.47 Å². The van der Waals surface area contributed by atoms with Crippen LogP contribution in [-0.2, 0) is 21.2 Å². The van der Waals surface area contributed by atoms with Crippen LogP contribution in [0.1, 0.15) is 12.0 Å². The number of aryl methyl sites for hydroxylation is 1. The summed E-state index contributed by atoms with van der Waals surface area (Å²) in [6.45, 7) is 0. The van der Waals surface area contributed by atoms with Gasteiger partial charge in [-0.05, 0) is 42.7 Å². The molecule has 2 N–H and O–H groups in total. The summed E-state index contributed by atoms with van der Waals surface area (Å²) in [5.74, 6) is -1.19. The predicted molar refractivity (Wildman–Crippen MR) is 90.7 cm³/mol. The van der Waals surface area contributed by atoms with Gasteiger partial charge < -0.3 is 5.11 Å². The highest BCUT2D eigenvalue weighted by Gasteiger charge is 2.25. The van der Waals surface area contributed by atoms with Crippen LogP contribution in [0.2, 0.25) is 0 Å². The first kappa shape index (κ1) is 17.7. The Morgan fingerprint density at radius 2 is 1.70 bits per heavy atom. The molecule has 0 bridgehead atoms. The average molecular weight is 398 g/mol. The van der Waals surface area contributed by atoms with E-state index in [1.165, 1.54) is 12.1 Å². The number of hydrogen-bond donors (Lipinski definition) is 2. The van der Waals surface area contributed by atoms with Gasteiger partial charge in [-0.3, -0.25) is 4.79 Å². The number of halogens is 1. The molecule has 2 aromatic rings. The first-order chi connectivity index (χ1) is 10.9. The molecular weight excluding hydrogens is 382 g/mol. The lowest BCUT2D eigenvalue weighted by Crippen LogP contribution is -2.41. The summed E-state index contributed by atoms with van der Waals surface area (Å²) < 4.78 is 27.6. The van der Waals surface area contributed by atoms with Crippen molar-refractivity contribution in [2.45, 2.75) is 23.8 Å². The molecule has 7 heteroatoms. The zero-order valence-electron chi connectivity index (χ0n) is 12.1. The molecule has 1 unspecified atom stereocenters. The normalized spacial score (nSPS) is 12.7. The number of aliphatic carboxylic acids is 1. The third kappa shape index (κ3) is 5.16. The Bertz CT molecular complexity index is 760. The fourth-order valence-electron chi connectivity index (χ4n) is 2.06. The lowest BCUT2D eigenvalue weighted by atomic mass is 10.1. The highest BCUT2D eigenvalue weighted by atomic mass is 79.9. The van der Waals surface area contributed by atoms with Crippen LogP contribution in [-0.4, -0.2) is 25.5 Å². The van der Waals surface area contributed by atoms with Gasteiger partial charge in [-0.1, -0.05) is 46.3 Å². The highest BCUT2D eigenvalue weighted by Crippen LogP contribution is 2.15. The third-order valence-corrected chi connectivity index (χ3v) is 5.30. The molecule has 2 rings (SSSR count). The molecule has 1 atom stereocenters. The van der Waals surface area contributed by atoms with Crippen molar-refractivity contribution in [2.24, 2.45) is 0 Å². The second-order valence-corrected chi connectivity index (χ2v) is 7.62. The number of hydrogen-bond acceptors (Lipinski definition) is 3. The summed E-state index contributed by atoms with van der Waals surface area (Å²) in [5.41, 5.74) is 0.960. The number of carboxylic acid groups (broad SMARTS) is 1. The van der Waals surface area contributed by atoms with Gasteiger partial charge in [0.25, 0.3) is 0 Å². The van der Waals surface area contributed by atoms with Crippen molar-refractivity contribution in [3.05, 3.63) is 64.6 Å². The zero-order valence-corrected chi connectivity index (χ0v) is 14.5. The Balaban J connectivity index is 2.09. The molecule has 2 aromatic carbocycles. The van der Waals surface area contributed by atoms with Crippen molar-refractivity contribution < 1.29 is 18.3 Å². The molecule has 0 aliphatic carbocycles. The van der Waals surface area contributed by atoms with E-state index in [9.17, 15) is 18.3 Å². The van der Waals surface area contributed by atoms with E-state index in [0.29, 0.717) is 6.42 Å². The van der Waals surface area contributed by atoms with E-state index in [0.717, 1.165) is 10.0 Å². The molecule has 0 fully saturated rings. The predicted octanol–water partition coefficient (Wildman–Crippen LogP) is 2.81. The quantitative estimate of drug-likeness (QED) is 0.752. The number of carboxylic acids is 1. The molecule has 23 heavy (non-hydrogen) atoms. The Labute approximate surface area is 143 Å². The van der Waals surface area contributed by atoms with Gasteiger partial charge in [-0.2, -0.15) is 4.72 Å². The van der Waals surface area contributed by atoms with E-state index >= 15 is 0 Å². The summed E-state index contributed by atoms with van der Waals surface area (Å²) >= 11 is 3.23. The van der Waals surface area contributed by atoms with Crippen molar-refractivity contribution >= 4 is 31.9 Å². The molecule has 0 spiro atoms. The topological polar surface area (TPSA) is 83.5 Å². The Hall–Kier alpha value is -1.70. The van der Waals surface area contributed by atoms with Crippen LogP contribution >= 0.6 is 15.9 Å². The van der Waals surface area contributed by atoms with Crippen molar-refractivity contribution in [3.8, 4) is 0 Å². The largest absolute Gasteiger partial charge is 0.480 e. The summed E-state index contributed by atoms with van der Waals surface area (Å²) in [5, 5.41) is 9.27. The van der Waals surface area contributed by atoms with E-state index in [1.54, 1.807) is 12.1 Å². The minimum absolute atomic E-state index is 0.0339. The van der Waals surface area contributed by atoms with Crippen LogP contribution in [0.5, 0.6) is 0 Å². The Morgan fingerprint density at radius 3 is 2.26 bits per heavy atom. The molecule has 0 saturated heterocycles. The van der Waals surface area contributed by atoms with Crippen LogP contribution < -0.4 is 4.72 Å². The van der Waals surface area contributed by atoms with Gasteiger partial charge in [0.15, 0.2) is 0 Å². The third-order valence-electron chi connectivity index (χ3n) is 3.28. The number of sulfonamides is 1. The monoisotopic (exact) mass is 397 g/mol. The first-order valence-electron chi connectivity index (χ1n) is 6.93.